The minimum absolute atomic E-state index is 0.618. The molecule has 0 spiro atoms. The molecule has 0 amide bonds. The fraction of sp³-hybridized carbons (Fsp3) is 0. The van der Waals surface area contributed by atoms with Crippen LogP contribution in [-0.2, 0) is 0 Å². The number of nitrogens with zero attached hydrogens (tertiary/aromatic N) is 5. The van der Waals surface area contributed by atoms with Crippen molar-refractivity contribution in [3.63, 3.8) is 0 Å². The second-order valence-corrected chi connectivity index (χ2v) is 13.0. The summed E-state index contributed by atoms with van der Waals surface area (Å²) in [5, 5.41) is 0. The molecule has 3 aromatic heterocycles. The lowest BCUT2D eigenvalue weighted by atomic mass is 9.89. The Hall–Kier alpha value is -7.37. The molecule has 9 rings (SSSR count). The first kappa shape index (κ1) is 32.5. The van der Waals surface area contributed by atoms with Crippen molar-refractivity contribution >= 4 is 0 Å². The standard InChI is InChI=1S/C49H33N5/c1-3-12-38(13-4-1)47-52-48(39-14-5-2-6-15-39)54-49(53-47)42-17-11-16-41(32-42)44-33-40(34-20-24-36(25-21-34)45-18-7-9-30-50-45)28-29-43(44)35-22-26-37(27-23-35)46-19-8-10-31-51-46/h1-33H. The maximum absolute atomic E-state index is 5.02. The van der Waals surface area contributed by atoms with Crippen LogP contribution in [0.5, 0.6) is 0 Å². The van der Waals surface area contributed by atoms with Gasteiger partial charge in [0.05, 0.1) is 11.4 Å². The van der Waals surface area contributed by atoms with Gasteiger partial charge in [0.25, 0.3) is 0 Å². The maximum atomic E-state index is 5.02. The van der Waals surface area contributed by atoms with Crippen molar-refractivity contribution in [2.24, 2.45) is 0 Å². The average Bonchev–Trinajstić information content (AvgIpc) is 3.27. The molecule has 0 saturated carbocycles. The molecule has 0 aliphatic rings. The van der Waals surface area contributed by atoms with Crippen molar-refractivity contribution in [2.75, 3.05) is 0 Å². The quantitative estimate of drug-likeness (QED) is 0.159. The van der Waals surface area contributed by atoms with Gasteiger partial charge >= 0.3 is 0 Å². The minimum atomic E-state index is 0.618. The summed E-state index contributed by atoms with van der Waals surface area (Å²) in [6.07, 6.45) is 3.65. The summed E-state index contributed by atoms with van der Waals surface area (Å²) in [6, 6.07) is 64.6. The molecule has 9 aromatic rings. The van der Waals surface area contributed by atoms with Crippen LogP contribution in [0.25, 0.3) is 90.1 Å². The smallest absolute Gasteiger partial charge is 0.164 e. The molecule has 0 bridgehead atoms. The van der Waals surface area contributed by atoms with E-state index in [2.05, 4.69) is 101 Å². The Bertz CT molecular complexity index is 2610. The third kappa shape index (κ3) is 6.82. The Morgan fingerprint density at radius 3 is 1.22 bits per heavy atom. The summed E-state index contributed by atoms with van der Waals surface area (Å²) >= 11 is 0. The Kier molecular flexibility index (Phi) is 8.86. The van der Waals surface area contributed by atoms with Gasteiger partial charge in [-0.05, 0) is 69.8 Å². The number of pyridine rings is 2. The lowest BCUT2D eigenvalue weighted by Crippen LogP contribution is -2.00. The third-order valence-corrected chi connectivity index (χ3v) is 9.49. The summed E-state index contributed by atoms with van der Waals surface area (Å²) in [5.74, 6) is 1.89. The largest absolute Gasteiger partial charge is 0.256 e. The summed E-state index contributed by atoms with van der Waals surface area (Å²) in [4.78, 5) is 24.0. The number of aromatic nitrogens is 5. The van der Waals surface area contributed by atoms with Gasteiger partial charge < -0.3 is 0 Å². The summed E-state index contributed by atoms with van der Waals surface area (Å²) in [5.41, 5.74) is 13.5. The molecule has 5 nitrogen and oxygen atoms in total. The van der Waals surface area contributed by atoms with Crippen LogP contribution in [0.15, 0.2) is 200 Å². The van der Waals surface area contributed by atoms with Gasteiger partial charge in [-0.25, -0.2) is 15.0 Å². The summed E-state index contributed by atoms with van der Waals surface area (Å²) in [7, 11) is 0. The maximum Gasteiger partial charge on any atom is 0.164 e. The van der Waals surface area contributed by atoms with E-state index in [-0.39, 0.29) is 0 Å². The molecule has 6 aromatic carbocycles. The van der Waals surface area contributed by atoms with E-state index in [1.165, 1.54) is 0 Å². The van der Waals surface area contributed by atoms with Gasteiger partial charge in [0.1, 0.15) is 0 Å². The molecule has 0 saturated heterocycles. The van der Waals surface area contributed by atoms with E-state index < -0.39 is 0 Å². The highest BCUT2D eigenvalue weighted by Crippen LogP contribution is 2.38. The number of benzene rings is 6. The van der Waals surface area contributed by atoms with Crippen LogP contribution < -0.4 is 0 Å². The van der Waals surface area contributed by atoms with Gasteiger partial charge in [-0.1, -0.05) is 152 Å². The zero-order valence-electron chi connectivity index (χ0n) is 29.3. The molecule has 254 valence electrons. The molecule has 54 heavy (non-hydrogen) atoms. The fourth-order valence-corrected chi connectivity index (χ4v) is 6.70. The van der Waals surface area contributed by atoms with Crippen LogP contribution in [0.4, 0.5) is 0 Å². The third-order valence-electron chi connectivity index (χ3n) is 9.49. The van der Waals surface area contributed by atoms with Gasteiger partial charge in [-0.15, -0.1) is 0 Å². The average molecular weight is 692 g/mol. The highest BCUT2D eigenvalue weighted by Gasteiger charge is 2.16. The molecule has 0 fully saturated rings. The van der Waals surface area contributed by atoms with Crippen molar-refractivity contribution in [3.8, 4) is 90.1 Å². The van der Waals surface area contributed by atoms with Crippen LogP contribution in [0.3, 0.4) is 0 Å². The van der Waals surface area contributed by atoms with Gasteiger partial charge in [-0.2, -0.15) is 0 Å². The van der Waals surface area contributed by atoms with Crippen molar-refractivity contribution in [3.05, 3.63) is 200 Å². The predicted molar refractivity (Wildman–Crippen MR) is 219 cm³/mol. The van der Waals surface area contributed by atoms with E-state index in [0.717, 1.165) is 72.6 Å². The number of rotatable bonds is 8. The summed E-state index contributed by atoms with van der Waals surface area (Å²) in [6.45, 7) is 0. The molecule has 0 unspecified atom stereocenters. The molecule has 5 heteroatoms. The first-order valence-electron chi connectivity index (χ1n) is 17.9. The van der Waals surface area contributed by atoms with E-state index in [1.54, 1.807) is 0 Å². The van der Waals surface area contributed by atoms with Crippen LogP contribution in [-0.4, -0.2) is 24.9 Å². The Morgan fingerprint density at radius 1 is 0.241 bits per heavy atom. The fourth-order valence-electron chi connectivity index (χ4n) is 6.70. The predicted octanol–water partition coefficient (Wildman–Crippen LogP) is 12.0. The van der Waals surface area contributed by atoms with Crippen molar-refractivity contribution in [1.82, 2.24) is 24.9 Å². The molecule has 0 N–H and O–H groups in total. The van der Waals surface area contributed by atoms with E-state index in [9.17, 15) is 0 Å². The topological polar surface area (TPSA) is 64.5 Å². The van der Waals surface area contributed by atoms with Gasteiger partial charge in [-0.3, -0.25) is 9.97 Å². The first-order valence-corrected chi connectivity index (χ1v) is 17.9. The van der Waals surface area contributed by atoms with E-state index in [1.807, 2.05) is 109 Å². The molecular formula is C49H33N5. The summed E-state index contributed by atoms with van der Waals surface area (Å²) < 4.78 is 0. The van der Waals surface area contributed by atoms with Crippen LogP contribution in [0, 0.1) is 0 Å². The molecule has 0 radical (unpaired) electrons. The SMILES string of the molecule is c1ccc(-c2nc(-c3ccccc3)nc(-c3cccc(-c4cc(-c5ccc(-c6ccccn6)cc5)ccc4-c4ccc(-c5ccccn5)cc4)c3)n2)cc1. The lowest BCUT2D eigenvalue weighted by Gasteiger charge is -2.15. The highest BCUT2D eigenvalue weighted by atomic mass is 15.0. The van der Waals surface area contributed by atoms with Gasteiger partial charge in [0.2, 0.25) is 0 Å². The van der Waals surface area contributed by atoms with Crippen molar-refractivity contribution in [2.45, 2.75) is 0 Å². The lowest BCUT2D eigenvalue weighted by molar-refractivity contribution is 1.07. The zero-order valence-corrected chi connectivity index (χ0v) is 29.3. The molecule has 0 aliphatic carbocycles. The Morgan fingerprint density at radius 2 is 0.685 bits per heavy atom. The highest BCUT2D eigenvalue weighted by molar-refractivity contribution is 5.89. The Labute approximate surface area is 314 Å². The number of hydrogen-bond acceptors (Lipinski definition) is 5. The zero-order chi connectivity index (χ0) is 36.1. The van der Waals surface area contributed by atoms with Crippen LogP contribution in [0.2, 0.25) is 0 Å². The molecular weight excluding hydrogens is 659 g/mol. The second-order valence-electron chi connectivity index (χ2n) is 13.0. The molecule has 3 heterocycles. The second kappa shape index (κ2) is 14.7. The molecule has 0 atom stereocenters. The first-order chi connectivity index (χ1) is 26.7. The number of hydrogen-bond donors (Lipinski definition) is 0. The van der Waals surface area contributed by atoms with E-state index >= 15 is 0 Å². The van der Waals surface area contributed by atoms with Crippen molar-refractivity contribution in [1.29, 1.82) is 0 Å². The van der Waals surface area contributed by atoms with Gasteiger partial charge in [0.15, 0.2) is 17.5 Å². The Balaban J connectivity index is 1.16. The normalized spacial score (nSPS) is 11.0. The monoisotopic (exact) mass is 691 g/mol. The molecule has 0 aliphatic heterocycles. The van der Waals surface area contributed by atoms with E-state index in [4.69, 9.17) is 15.0 Å². The van der Waals surface area contributed by atoms with Gasteiger partial charge in [0, 0.05) is 40.2 Å². The van der Waals surface area contributed by atoms with Crippen LogP contribution >= 0.6 is 0 Å². The van der Waals surface area contributed by atoms with Crippen LogP contribution in [0.1, 0.15) is 0 Å². The van der Waals surface area contributed by atoms with Crippen molar-refractivity contribution < 1.29 is 0 Å². The van der Waals surface area contributed by atoms with E-state index in [0.29, 0.717) is 17.5 Å². The minimum Gasteiger partial charge on any atom is -0.256 e.